The molecule has 0 bridgehead atoms. The van der Waals surface area contributed by atoms with Gasteiger partial charge >= 0.3 is 0 Å². The highest BCUT2D eigenvalue weighted by Gasteiger charge is 2.25. The summed E-state index contributed by atoms with van der Waals surface area (Å²) in [7, 11) is 0. The van der Waals surface area contributed by atoms with Crippen LogP contribution >= 0.6 is 0 Å². The number of aryl methyl sites for hydroxylation is 1. The summed E-state index contributed by atoms with van der Waals surface area (Å²) < 4.78 is 2.24. The first kappa shape index (κ1) is 12.3. The minimum atomic E-state index is 0.661. The van der Waals surface area contributed by atoms with Crippen LogP contribution in [-0.2, 0) is 6.42 Å². The number of imidazole rings is 1. The number of aromatic nitrogens is 2. The van der Waals surface area contributed by atoms with E-state index in [0.717, 1.165) is 11.6 Å². The fourth-order valence-corrected chi connectivity index (χ4v) is 2.32. The van der Waals surface area contributed by atoms with E-state index in [1.807, 2.05) is 6.20 Å². The summed E-state index contributed by atoms with van der Waals surface area (Å²) in [5, 5.41) is 3.41. The lowest BCUT2D eigenvalue weighted by Gasteiger charge is -2.09. The van der Waals surface area contributed by atoms with Gasteiger partial charge in [-0.3, -0.25) is 0 Å². The zero-order valence-corrected chi connectivity index (χ0v) is 11.5. The van der Waals surface area contributed by atoms with Gasteiger partial charge in [-0.15, -0.1) is 0 Å². The van der Waals surface area contributed by atoms with Crippen LogP contribution in [0.5, 0.6) is 0 Å². The van der Waals surface area contributed by atoms with Crippen molar-refractivity contribution in [3.05, 3.63) is 42.2 Å². The molecule has 0 saturated heterocycles. The van der Waals surface area contributed by atoms with Crippen LogP contribution in [0.4, 0.5) is 11.6 Å². The third kappa shape index (κ3) is 2.98. The van der Waals surface area contributed by atoms with Crippen molar-refractivity contribution in [2.75, 3.05) is 5.32 Å². The number of hydrogen-bond donors (Lipinski definition) is 1. The SMILES string of the molecule is CCCCc1ccc(Nc2nccn2C2CC2)cc1. The molecule has 2 aromatic rings. The van der Waals surface area contributed by atoms with Gasteiger partial charge in [0.2, 0.25) is 5.95 Å². The molecule has 100 valence electrons. The quantitative estimate of drug-likeness (QED) is 0.833. The van der Waals surface area contributed by atoms with Crippen molar-refractivity contribution in [2.24, 2.45) is 0 Å². The summed E-state index contributed by atoms with van der Waals surface area (Å²) in [6.07, 6.45) is 10.2. The summed E-state index contributed by atoms with van der Waals surface area (Å²) in [5.41, 5.74) is 2.53. The maximum Gasteiger partial charge on any atom is 0.207 e. The smallest absolute Gasteiger partial charge is 0.207 e. The molecule has 0 spiro atoms. The highest BCUT2D eigenvalue weighted by atomic mass is 15.2. The molecule has 0 radical (unpaired) electrons. The van der Waals surface area contributed by atoms with Crippen LogP contribution in [0.3, 0.4) is 0 Å². The highest BCUT2D eigenvalue weighted by Crippen LogP contribution is 2.37. The van der Waals surface area contributed by atoms with E-state index in [-0.39, 0.29) is 0 Å². The highest BCUT2D eigenvalue weighted by molar-refractivity contribution is 5.54. The minimum absolute atomic E-state index is 0.661. The van der Waals surface area contributed by atoms with E-state index in [9.17, 15) is 0 Å². The second kappa shape index (κ2) is 5.47. The lowest BCUT2D eigenvalue weighted by Crippen LogP contribution is -2.01. The van der Waals surface area contributed by atoms with Crippen molar-refractivity contribution in [1.29, 1.82) is 0 Å². The van der Waals surface area contributed by atoms with Gasteiger partial charge in [0.15, 0.2) is 0 Å². The predicted molar refractivity (Wildman–Crippen MR) is 78.8 cm³/mol. The Bertz CT molecular complexity index is 523. The van der Waals surface area contributed by atoms with E-state index in [2.05, 4.69) is 52.3 Å². The molecule has 1 heterocycles. The lowest BCUT2D eigenvalue weighted by molar-refractivity contribution is 0.751. The molecular weight excluding hydrogens is 234 g/mol. The Kier molecular flexibility index (Phi) is 3.53. The van der Waals surface area contributed by atoms with Crippen molar-refractivity contribution in [1.82, 2.24) is 9.55 Å². The molecule has 1 saturated carbocycles. The summed E-state index contributed by atoms with van der Waals surface area (Å²) in [4.78, 5) is 4.40. The summed E-state index contributed by atoms with van der Waals surface area (Å²) >= 11 is 0. The summed E-state index contributed by atoms with van der Waals surface area (Å²) in [6.45, 7) is 2.23. The molecular formula is C16H21N3. The third-order valence-electron chi connectivity index (χ3n) is 3.64. The van der Waals surface area contributed by atoms with Crippen molar-refractivity contribution in [2.45, 2.75) is 45.1 Å². The Labute approximate surface area is 114 Å². The van der Waals surface area contributed by atoms with Crippen LogP contribution in [0.1, 0.15) is 44.2 Å². The Morgan fingerprint density at radius 1 is 1.26 bits per heavy atom. The van der Waals surface area contributed by atoms with Gasteiger partial charge in [0.05, 0.1) is 0 Å². The topological polar surface area (TPSA) is 29.9 Å². The number of unbranched alkanes of at least 4 members (excludes halogenated alkanes) is 1. The van der Waals surface area contributed by atoms with Crippen LogP contribution in [-0.4, -0.2) is 9.55 Å². The van der Waals surface area contributed by atoms with Gasteiger partial charge in [0, 0.05) is 24.1 Å². The van der Waals surface area contributed by atoms with Gasteiger partial charge in [-0.05, 0) is 43.4 Å². The van der Waals surface area contributed by atoms with Crippen LogP contribution < -0.4 is 5.32 Å². The normalized spacial score (nSPS) is 14.6. The van der Waals surface area contributed by atoms with Crippen molar-refractivity contribution < 1.29 is 0 Å². The van der Waals surface area contributed by atoms with Crippen LogP contribution in [0, 0.1) is 0 Å². The fourth-order valence-electron chi connectivity index (χ4n) is 2.32. The number of hydrogen-bond acceptors (Lipinski definition) is 2. The minimum Gasteiger partial charge on any atom is -0.326 e. The largest absolute Gasteiger partial charge is 0.326 e. The van der Waals surface area contributed by atoms with E-state index in [1.54, 1.807) is 0 Å². The Morgan fingerprint density at radius 3 is 2.74 bits per heavy atom. The number of anilines is 2. The van der Waals surface area contributed by atoms with Crippen LogP contribution in [0.2, 0.25) is 0 Å². The first-order valence-electron chi connectivity index (χ1n) is 7.25. The average molecular weight is 255 g/mol. The zero-order valence-electron chi connectivity index (χ0n) is 11.5. The molecule has 0 amide bonds. The summed E-state index contributed by atoms with van der Waals surface area (Å²) in [6, 6.07) is 9.38. The first-order valence-corrected chi connectivity index (χ1v) is 7.25. The number of rotatable bonds is 6. The van der Waals surface area contributed by atoms with Gasteiger partial charge in [-0.1, -0.05) is 25.5 Å². The third-order valence-corrected chi connectivity index (χ3v) is 3.64. The Hall–Kier alpha value is -1.77. The van der Waals surface area contributed by atoms with Gasteiger partial charge in [-0.2, -0.15) is 0 Å². The zero-order chi connectivity index (χ0) is 13.1. The maximum absolute atomic E-state index is 4.40. The summed E-state index contributed by atoms with van der Waals surface area (Å²) in [5.74, 6) is 0.962. The van der Waals surface area contributed by atoms with Gasteiger partial charge in [-0.25, -0.2) is 4.98 Å². The monoisotopic (exact) mass is 255 g/mol. The Balaban J connectivity index is 1.67. The van der Waals surface area contributed by atoms with E-state index in [4.69, 9.17) is 0 Å². The van der Waals surface area contributed by atoms with Crippen molar-refractivity contribution in [3.8, 4) is 0 Å². The molecule has 1 aromatic heterocycles. The molecule has 3 heteroatoms. The number of nitrogens with zero attached hydrogens (tertiary/aromatic N) is 2. The molecule has 0 unspecified atom stereocenters. The predicted octanol–water partition coefficient (Wildman–Crippen LogP) is 4.30. The van der Waals surface area contributed by atoms with Gasteiger partial charge in [0.1, 0.15) is 0 Å². The maximum atomic E-state index is 4.40. The molecule has 19 heavy (non-hydrogen) atoms. The average Bonchev–Trinajstić information content (AvgIpc) is 3.19. The molecule has 1 aliphatic rings. The molecule has 1 N–H and O–H groups in total. The van der Waals surface area contributed by atoms with E-state index in [0.29, 0.717) is 6.04 Å². The molecule has 3 nitrogen and oxygen atoms in total. The van der Waals surface area contributed by atoms with E-state index >= 15 is 0 Å². The van der Waals surface area contributed by atoms with Gasteiger partial charge < -0.3 is 9.88 Å². The van der Waals surface area contributed by atoms with Gasteiger partial charge in [0.25, 0.3) is 0 Å². The van der Waals surface area contributed by atoms with Crippen LogP contribution in [0.25, 0.3) is 0 Å². The molecule has 3 rings (SSSR count). The second-order valence-electron chi connectivity index (χ2n) is 5.31. The number of nitrogens with one attached hydrogen (secondary N) is 1. The van der Waals surface area contributed by atoms with Crippen molar-refractivity contribution >= 4 is 11.6 Å². The molecule has 1 aliphatic carbocycles. The molecule has 0 aliphatic heterocycles. The molecule has 1 fully saturated rings. The Morgan fingerprint density at radius 2 is 2.05 bits per heavy atom. The number of benzene rings is 1. The van der Waals surface area contributed by atoms with Crippen molar-refractivity contribution in [3.63, 3.8) is 0 Å². The van der Waals surface area contributed by atoms with E-state index in [1.165, 1.54) is 37.7 Å². The standard InChI is InChI=1S/C16H21N3/c1-2-3-4-13-5-7-14(8-6-13)18-16-17-11-12-19(16)15-9-10-15/h5-8,11-12,15H,2-4,9-10H2,1H3,(H,17,18). The van der Waals surface area contributed by atoms with Crippen LogP contribution in [0.15, 0.2) is 36.7 Å². The molecule has 0 atom stereocenters. The molecule has 1 aromatic carbocycles. The lowest BCUT2D eigenvalue weighted by atomic mass is 10.1. The first-order chi connectivity index (χ1) is 9.36. The second-order valence-corrected chi connectivity index (χ2v) is 5.31. The fraction of sp³-hybridized carbons (Fsp3) is 0.438. The van der Waals surface area contributed by atoms with E-state index < -0.39 is 0 Å².